The Balaban J connectivity index is 1.71. The molecule has 0 fully saturated rings. The van der Waals surface area contributed by atoms with Crippen LogP contribution in [-0.2, 0) is 0 Å². The number of hydrogen-bond donors (Lipinski definition) is 2. The number of nitrogens with zero attached hydrogens (tertiary/aromatic N) is 1. The van der Waals surface area contributed by atoms with Gasteiger partial charge in [-0.2, -0.15) is 0 Å². The standard InChI is InChI=1S/C25H35N3O2/c1-4-5-17-28(3)25(30)23-14-9-13-22(18-23)24(29)27-16-10-15-26-19-20(2)21-11-7-6-8-12-21/h6-9,11-14,18,20,26H,4-5,10,15-17,19H2,1-3H3,(H,27,29). The molecular weight excluding hydrogens is 374 g/mol. The predicted octanol–water partition coefficient (Wildman–Crippen LogP) is 4.07. The molecule has 1 unspecified atom stereocenters. The first-order chi connectivity index (χ1) is 14.5. The van der Waals surface area contributed by atoms with E-state index in [4.69, 9.17) is 0 Å². The number of carbonyl (C=O) groups excluding carboxylic acids is 2. The Kier molecular flexibility index (Phi) is 10.1. The molecule has 0 aliphatic rings. The molecule has 5 nitrogen and oxygen atoms in total. The van der Waals surface area contributed by atoms with Crippen molar-refractivity contribution in [3.63, 3.8) is 0 Å². The Labute approximate surface area is 180 Å². The summed E-state index contributed by atoms with van der Waals surface area (Å²) in [4.78, 5) is 26.6. The summed E-state index contributed by atoms with van der Waals surface area (Å²) in [6, 6.07) is 17.4. The lowest BCUT2D eigenvalue weighted by molar-refractivity contribution is 0.0793. The molecule has 0 bridgehead atoms. The fourth-order valence-corrected chi connectivity index (χ4v) is 3.25. The minimum Gasteiger partial charge on any atom is -0.352 e. The van der Waals surface area contributed by atoms with Gasteiger partial charge in [0.1, 0.15) is 0 Å². The molecule has 0 heterocycles. The van der Waals surface area contributed by atoms with E-state index in [0.29, 0.717) is 23.6 Å². The van der Waals surface area contributed by atoms with Gasteiger partial charge in [0, 0.05) is 37.8 Å². The lowest BCUT2D eigenvalue weighted by Gasteiger charge is -2.17. The van der Waals surface area contributed by atoms with Gasteiger partial charge in [-0.05, 0) is 49.1 Å². The van der Waals surface area contributed by atoms with Crippen LogP contribution in [0.4, 0.5) is 0 Å². The Hall–Kier alpha value is -2.66. The molecule has 0 saturated heterocycles. The summed E-state index contributed by atoms with van der Waals surface area (Å²) in [6.45, 7) is 7.38. The second kappa shape index (κ2) is 12.8. The second-order valence-corrected chi connectivity index (χ2v) is 7.79. The van der Waals surface area contributed by atoms with Crippen molar-refractivity contribution in [2.24, 2.45) is 0 Å². The number of nitrogens with one attached hydrogen (secondary N) is 2. The average molecular weight is 410 g/mol. The average Bonchev–Trinajstić information content (AvgIpc) is 2.79. The zero-order chi connectivity index (χ0) is 21.8. The van der Waals surface area contributed by atoms with Crippen molar-refractivity contribution in [3.8, 4) is 0 Å². The molecule has 2 aromatic carbocycles. The van der Waals surface area contributed by atoms with Crippen LogP contribution in [-0.4, -0.2) is 49.9 Å². The number of unbranched alkanes of at least 4 members (excludes halogenated alkanes) is 1. The SMILES string of the molecule is CCCCN(C)C(=O)c1cccc(C(=O)NCCCNCC(C)c2ccccc2)c1. The highest BCUT2D eigenvalue weighted by Crippen LogP contribution is 2.13. The highest BCUT2D eigenvalue weighted by atomic mass is 16.2. The van der Waals surface area contributed by atoms with Crippen molar-refractivity contribution in [1.82, 2.24) is 15.5 Å². The van der Waals surface area contributed by atoms with Crippen LogP contribution >= 0.6 is 0 Å². The van der Waals surface area contributed by atoms with Crippen LogP contribution in [0.3, 0.4) is 0 Å². The highest BCUT2D eigenvalue weighted by molar-refractivity contribution is 5.99. The van der Waals surface area contributed by atoms with Gasteiger partial charge in [0.2, 0.25) is 0 Å². The molecule has 2 rings (SSSR count). The van der Waals surface area contributed by atoms with Crippen molar-refractivity contribution in [2.45, 2.75) is 39.0 Å². The van der Waals surface area contributed by atoms with Gasteiger partial charge < -0.3 is 15.5 Å². The number of carbonyl (C=O) groups is 2. The molecule has 1 atom stereocenters. The van der Waals surface area contributed by atoms with Gasteiger partial charge in [-0.15, -0.1) is 0 Å². The van der Waals surface area contributed by atoms with E-state index >= 15 is 0 Å². The normalized spacial score (nSPS) is 11.7. The van der Waals surface area contributed by atoms with Crippen LogP contribution in [0, 0.1) is 0 Å². The van der Waals surface area contributed by atoms with E-state index in [1.165, 1.54) is 5.56 Å². The van der Waals surface area contributed by atoms with Crippen molar-refractivity contribution >= 4 is 11.8 Å². The van der Waals surface area contributed by atoms with Crippen LogP contribution in [0.2, 0.25) is 0 Å². The van der Waals surface area contributed by atoms with Crippen molar-refractivity contribution in [2.75, 3.05) is 33.2 Å². The first kappa shape index (κ1) is 23.6. The Morgan fingerprint density at radius 3 is 2.43 bits per heavy atom. The van der Waals surface area contributed by atoms with Crippen LogP contribution in [0.5, 0.6) is 0 Å². The Morgan fingerprint density at radius 1 is 0.967 bits per heavy atom. The van der Waals surface area contributed by atoms with Gasteiger partial charge in [0.15, 0.2) is 0 Å². The molecular formula is C25H35N3O2. The number of benzene rings is 2. The first-order valence-electron chi connectivity index (χ1n) is 10.9. The lowest BCUT2D eigenvalue weighted by Crippen LogP contribution is -2.29. The van der Waals surface area contributed by atoms with E-state index in [0.717, 1.165) is 38.9 Å². The third-order valence-corrected chi connectivity index (χ3v) is 5.20. The van der Waals surface area contributed by atoms with Gasteiger partial charge in [0.05, 0.1) is 0 Å². The molecule has 0 saturated carbocycles. The van der Waals surface area contributed by atoms with Crippen molar-refractivity contribution < 1.29 is 9.59 Å². The van der Waals surface area contributed by atoms with Crippen LogP contribution < -0.4 is 10.6 Å². The third-order valence-electron chi connectivity index (χ3n) is 5.20. The summed E-state index contributed by atoms with van der Waals surface area (Å²) in [5.41, 5.74) is 2.40. The summed E-state index contributed by atoms with van der Waals surface area (Å²) < 4.78 is 0. The van der Waals surface area contributed by atoms with Gasteiger partial charge >= 0.3 is 0 Å². The first-order valence-corrected chi connectivity index (χ1v) is 10.9. The minimum absolute atomic E-state index is 0.0464. The summed E-state index contributed by atoms with van der Waals surface area (Å²) in [5, 5.41) is 6.39. The third kappa shape index (κ3) is 7.64. The Morgan fingerprint density at radius 2 is 1.70 bits per heavy atom. The molecule has 0 spiro atoms. The van der Waals surface area contributed by atoms with Crippen LogP contribution in [0.15, 0.2) is 54.6 Å². The van der Waals surface area contributed by atoms with E-state index in [1.807, 2.05) is 6.07 Å². The maximum atomic E-state index is 12.5. The highest BCUT2D eigenvalue weighted by Gasteiger charge is 2.13. The van der Waals surface area contributed by atoms with E-state index in [2.05, 4.69) is 48.7 Å². The predicted molar refractivity (Wildman–Crippen MR) is 123 cm³/mol. The number of hydrogen-bond acceptors (Lipinski definition) is 3. The van der Waals surface area contributed by atoms with Gasteiger partial charge in [-0.25, -0.2) is 0 Å². The maximum Gasteiger partial charge on any atom is 0.253 e. The number of amides is 2. The topological polar surface area (TPSA) is 61.4 Å². The van der Waals surface area contributed by atoms with Crippen LogP contribution in [0.25, 0.3) is 0 Å². The molecule has 2 aromatic rings. The molecule has 0 radical (unpaired) electrons. The van der Waals surface area contributed by atoms with E-state index in [1.54, 1.807) is 36.2 Å². The molecule has 30 heavy (non-hydrogen) atoms. The largest absolute Gasteiger partial charge is 0.352 e. The molecule has 0 aromatic heterocycles. The summed E-state index contributed by atoms with van der Waals surface area (Å²) in [6.07, 6.45) is 2.87. The van der Waals surface area contributed by atoms with Gasteiger partial charge in [-0.3, -0.25) is 9.59 Å². The zero-order valence-corrected chi connectivity index (χ0v) is 18.5. The maximum absolute atomic E-state index is 12.5. The minimum atomic E-state index is -0.140. The molecule has 2 amide bonds. The van der Waals surface area contributed by atoms with Crippen molar-refractivity contribution in [3.05, 3.63) is 71.3 Å². The van der Waals surface area contributed by atoms with Gasteiger partial charge in [-0.1, -0.05) is 56.7 Å². The van der Waals surface area contributed by atoms with E-state index in [-0.39, 0.29) is 11.8 Å². The number of rotatable bonds is 12. The van der Waals surface area contributed by atoms with Crippen molar-refractivity contribution in [1.29, 1.82) is 0 Å². The second-order valence-electron chi connectivity index (χ2n) is 7.79. The quantitative estimate of drug-likeness (QED) is 0.520. The summed E-state index contributed by atoms with van der Waals surface area (Å²) in [5.74, 6) is 0.268. The zero-order valence-electron chi connectivity index (χ0n) is 18.5. The molecule has 2 N–H and O–H groups in total. The van der Waals surface area contributed by atoms with E-state index < -0.39 is 0 Å². The van der Waals surface area contributed by atoms with E-state index in [9.17, 15) is 9.59 Å². The molecule has 5 heteroatoms. The smallest absolute Gasteiger partial charge is 0.253 e. The fraction of sp³-hybridized carbons (Fsp3) is 0.440. The Bertz CT molecular complexity index is 792. The molecule has 162 valence electrons. The van der Waals surface area contributed by atoms with Gasteiger partial charge in [0.25, 0.3) is 11.8 Å². The fourth-order valence-electron chi connectivity index (χ4n) is 3.25. The monoisotopic (exact) mass is 409 g/mol. The summed E-state index contributed by atoms with van der Waals surface area (Å²) in [7, 11) is 1.80. The molecule has 0 aliphatic carbocycles. The molecule has 0 aliphatic heterocycles. The lowest BCUT2D eigenvalue weighted by atomic mass is 10.0. The van der Waals surface area contributed by atoms with Crippen LogP contribution in [0.1, 0.15) is 65.3 Å². The summed E-state index contributed by atoms with van der Waals surface area (Å²) >= 11 is 0.